The Labute approximate surface area is 200 Å². The Kier molecular flexibility index (Phi) is 7.38. The van der Waals surface area contributed by atoms with Gasteiger partial charge >= 0.3 is 5.97 Å². The Morgan fingerprint density at radius 2 is 1.71 bits per heavy atom. The Morgan fingerprint density at radius 3 is 2.41 bits per heavy atom. The summed E-state index contributed by atoms with van der Waals surface area (Å²) in [7, 11) is 0. The number of esters is 1. The molecule has 9 nitrogen and oxygen atoms in total. The van der Waals surface area contributed by atoms with Gasteiger partial charge in [-0.25, -0.2) is 4.79 Å². The number of amides is 1. The maximum absolute atomic E-state index is 12.4. The molecule has 2 aromatic heterocycles. The van der Waals surface area contributed by atoms with Crippen LogP contribution in [-0.2, 0) is 9.53 Å². The van der Waals surface area contributed by atoms with Gasteiger partial charge in [0.2, 0.25) is 5.91 Å². The van der Waals surface area contributed by atoms with E-state index in [4.69, 9.17) is 9.47 Å². The summed E-state index contributed by atoms with van der Waals surface area (Å²) in [6.07, 6.45) is 0. The first-order valence-corrected chi connectivity index (χ1v) is 11.7. The lowest BCUT2D eigenvalue weighted by molar-refractivity contribution is -0.113. The molecule has 0 aliphatic carbocycles. The van der Waals surface area contributed by atoms with Crippen molar-refractivity contribution in [3.63, 3.8) is 0 Å². The summed E-state index contributed by atoms with van der Waals surface area (Å²) in [4.78, 5) is 24.1. The molecule has 2 aromatic carbocycles. The van der Waals surface area contributed by atoms with Crippen LogP contribution in [0.2, 0.25) is 0 Å². The molecule has 174 valence electrons. The fourth-order valence-electron chi connectivity index (χ4n) is 3.14. The second-order valence-corrected chi connectivity index (χ2v) is 8.05. The number of carbonyl (C=O) groups is 2. The summed E-state index contributed by atoms with van der Waals surface area (Å²) in [6, 6.07) is 17.7. The molecule has 4 rings (SSSR count). The van der Waals surface area contributed by atoms with E-state index in [-0.39, 0.29) is 11.7 Å². The van der Waals surface area contributed by atoms with Crippen LogP contribution in [0.1, 0.15) is 24.2 Å². The molecule has 1 amide bonds. The molecule has 4 aromatic rings. The highest BCUT2D eigenvalue weighted by atomic mass is 32.2. The second-order valence-electron chi connectivity index (χ2n) is 7.06. The highest BCUT2D eigenvalue weighted by Crippen LogP contribution is 2.23. The molecular weight excluding hydrogens is 454 g/mol. The zero-order chi connectivity index (χ0) is 23.9. The first-order chi connectivity index (χ1) is 16.6. The third-order valence-electron chi connectivity index (χ3n) is 4.69. The zero-order valence-corrected chi connectivity index (χ0v) is 19.5. The fraction of sp³-hybridized carbons (Fsp3) is 0.208. The zero-order valence-electron chi connectivity index (χ0n) is 18.7. The number of nitrogens with zero attached hydrogens (tertiary/aromatic N) is 4. The van der Waals surface area contributed by atoms with Gasteiger partial charge in [0.05, 0.1) is 24.5 Å². The van der Waals surface area contributed by atoms with Gasteiger partial charge in [0, 0.05) is 11.3 Å². The maximum Gasteiger partial charge on any atom is 0.338 e. The number of thioether (sulfide) groups is 1. The van der Waals surface area contributed by atoms with Gasteiger partial charge in [-0.05, 0) is 74.5 Å². The van der Waals surface area contributed by atoms with E-state index in [0.29, 0.717) is 41.0 Å². The molecule has 0 aliphatic rings. The Balaban J connectivity index is 1.40. The monoisotopic (exact) mass is 477 g/mol. The molecular formula is C24H23N5O4S. The third-order valence-corrected chi connectivity index (χ3v) is 5.61. The molecule has 2 heterocycles. The van der Waals surface area contributed by atoms with Crippen LogP contribution in [0.3, 0.4) is 0 Å². The van der Waals surface area contributed by atoms with Crippen molar-refractivity contribution in [2.45, 2.75) is 18.9 Å². The van der Waals surface area contributed by atoms with Gasteiger partial charge in [0.15, 0.2) is 11.5 Å². The van der Waals surface area contributed by atoms with E-state index >= 15 is 0 Å². The molecule has 0 bridgehead atoms. The van der Waals surface area contributed by atoms with Crippen molar-refractivity contribution in [1.29, 1.82) is 0 Å². The Hall–Kier alpha value is -3.92. The summed E-state index contributed by atoms with van der Waals surface area (Å²) >= 11 is 1.30. The maximum atomic E-state index is 12.4. The third kappa shape index (κ3) is 5.52. The van der Waals surface area contributed by atoms with Gasteiger partial charge in [-0.2, -0.15) is 9.61 Å². The van der Waals surface area contributed by atoms with Crippen LogP contribution in [0.5, 0.6) is 5.75 Å². The molecule has 0 aliphatic heterocycles. The van der Waals surface area contributed by atoms with Crippen LogP contribution >= 0.6 is 11.8 Å². The topological polar surface area (TPSA) is 108 Å². The Morgan fingerprint density at radius 1 is 0.941 bits per heavy atom. The molecule has 34 heavy (non-hydrogen) atoms. The number of fused-ring (bicyclic) bond motifs is 1. The Bertz CT molecular complexity index is 1290. The van der Waals surface area contributed by atoms with Gasteiger partial charge in [-0.3, -0.25) is 4.79 Å². The molecule has 0 saturated carbocycles. The lowest BCUT2D eigenvalue weighted by Gasteiger charge is -2.07. The molecule has 0 saturated heterocycles. The van der Waals surface area contributed by atoms with E-state index in [1.165, 1.54) is 11.8 Å². The normalized spacial score (nSPS) is 10.8. The number of hydrogen-bond acceptors (Lipinski definition) is 8. The number of rotatable bonds is 9. The van der Waals surface area contributed by atoms with E-state index in [1.807, 2.05) is 37.3 Å². The van der Waals surface area contributed by atoms with Crippen LogP contribution < -0.4 is 10.1 Å². The minimum absolute atomic E-state index is 0.165. The highest BCUT2D eigenvalue weighted by molar-refractivity contribution is 7.99. The number of carbonyl (C=O) groups excluding carboxylic acids is 2. The second kappa shape index (κ2) is 10.8. The average molecular weight is 478 g/mol. The molecule has 0 spiro atoms. The largest absolute Gasteiger partial charge is 0.494 e. The number of benzene rings is 2. The van der Waals surface area contributed by atoms with E-state index in [9.17, 15) is 9.59 Å². The summed E-state index contributed by atoms with van der Waals surface area (Å²) in [6.45, 7) is 4.60. The van der Waals surface area contributed by atoms with E-state index in [0.717, 1.165) is 11.3 Å². The molecule has 0 radical (unpaired) electrons. The fourth-order valence-corrected chi connectivity index (χ4v) is 3.79. The average Bonchev–Trinajstić information content (AvgIpc) is 3.27. The van der Waals surface area contributed by atoms with Gasteiger partial charge in [-0.15, -0.1) is 10.2 Å². The number of anilines is 1. The summed E-state index contributed by atoms with van der Waals surface area (Å²) in [5.41, 5.74) is 2.50. The lowest BCUT2D eigenvalue weighted by atomic mass is 10.2. The van der Waals surface area contributed by atoms with Gasteiger partial charge < -0.3 is 14.8 Å². The molecule has 0 unspecified atom stereocenters. The molecule has 0 atom stereocenters. The van der Waals surface area contributed by atoms with Crippen LogP contribution in [0, 0.1) is 0 Å². The van der Waals surface area contributed by atoms with Crippen molar-refractivity contribution in [2.24, 2.45) is 0 Å². The molecule has 10 heteroatoms. The molecule has 1 N–H and O–H groups in total. The first kappa shape index (κ1) is 23.2. The summed E-state index contributed by atoms with van der Waals surface area (Å²) in [5, 5.41) is 16.5. The summed E-state index contributed by atoms with van der Waals surface area (Å²) in [5.74, 6) is 0.971. The van der Waals surface area contributed by atoms with E-state index < -0.39 is 5.97 Å². The number of aromatic nitrogens is 4. The van der Waals surface area contributed by atoms with Crippen molar-refractivity contribution < 1.29 is 19.1 Å². The SMILES string of the molecule is CCOC(=O)c1ccc(NC(=O)CSc2ccc3nnc(-c4ccc(OCC)cc4)n3n2)cc1. The van der Waals surface area contributed by atoms with Crippen LogP contribution in [-0.4, -0.2) is 50.7 Å². The first-order valence-electron chi connectivity index (χ1n) is 10.7. The summed E-state index contributed by atoms with van der Waals surface area (Å²) < 4.78 is 12.1. The van der Waals surface area contributed by atoms with Gasteiger partial charge in [-0.1, -0.05) is 11.8 Å². The number of hydrogen-bond donors (Lipinski definition) is 1. The van der Waals surface area contributed by atoms with Crippen molar-refractivity contribution in [2.75, 3.05) is 24.3 Å². The van der Waals surface area contributed by atoms with Crippen LogP contribution in [0.15, 0.2) is 65.7 Å². The van der Waals surface area contributed by atoms with Gasteiger partial charge in [0.25, 0.3) is 0 Å². The number of ether oxygens (including phenoxy) is 2. The van der Waals surface area contributed by atoms with Crippen LogP contribution in [0.25, 0.3) is 17.0 Å². The number of nitrogens with one attached hydrogen (secondary N) is 1. The predicted molar refractivity (Wildman–Crippen MR) is 129 cm³/mol. The van der Waals surface area contributed by atoms with E-state index in [1.54, 1.807) is 41.8 Å². The van der Waals surface area contributed by atoms with Crippen molar-refractivity contribution in [3.8, 4) is 17.1 Å². The highest BCUT2D eigenvalue weighted by Gasteiger charge is 2.12. The molecule has 0 fully saturated rings. The van der Waals surface area contributed by atoms with Crippen molar-refractivity contribution in [3.05, 3.63) is 66.2 Å². The van der Waals surface area contributed by atoms with Crippen molar-refractivity contribution in [1.82, 2.24) is 19.8 Å². The minimum Gasteiger partial charge on any atom is -0.494 e. The smallest absolute Gasteiger partial charge is 0.338 e. The van der Waals surface area contributed by atoms with Crippen LogP contribution in [0.4, 0.5) is 5.69 Å². The standard InChI is InChI=1S/C24H23N5O4S/c1-3-32-19-11-7-16(8-12-19)23-27-26-20-13-14-22(28-29(20)23)34-15-21(30)25-18-9-5-17(6-10-18)24(31)33-4-2/h5-14H,3-4,15H2,1-2H3,(H,25,30). The minimum atomic E-state index is -0.393. The quantitative estimate of drug-likeness (QED) is 0.284. The van der Waals surface area contributed by atoms with E-state index in [2.05, 4.69) is 20.6 Å². The van der Waals surface area contributed by atoms with Crippen molar-refractivity contribution >= 4 is 35.0 Å². The predicted octanol–water partition coefficient (Wildman–Crippen LogP) is 4.10. The van der Waals surface area contributed by atoms with Gasteiger partial charge in [0.1, 0.15) is 10.8 Å². The lowest BCUT2D eigenvalue weighted by Crippen LogP contribution is -2.14.